The Bertz CT molecular complexity index is 1300. The largest absolute Gasteiger partial charge is 0.493 e. The van der Waals surface area contributed by atoms with Crippen LogP contribution < -0.4 is 25.8 Å². The van der Waals surface area contributed by atoms with Gasteiger partial charge in [-0.15, -0.1) is 0 Å². The zero-order valence-electron chi connectivity index (χ0n) is 21.9. The zero-order chi connectivity index (χ0) is 27.3. The summed E-state index contributed by atoms with van der Waals surface area (Å²) in [6.45, 7) is 5.65. The Kier molecular flexibility index (Phi) is 8.87. The molecule has 0 bridgehead atoms. The molecule has 1 aliphatic carbocycles. The average molecular weight is 541 g/mol. The number of pyridine rings is 1. The highest BCUT2D eigenvalue weighted by Gasteiger charge is 2.25. The first-order chi connectivity index (χ1) is 18.2. The van der Waals surface area contributed by atoms with Gasteiger partial charge in [0.05, 0.1) is 23.9 Å². The van der Waals surface area contributed by atoms with E-state index in [1.807, 2.05) is 12.1 Å². The van der Waals surface area contributed by atoms with Crippen LogP contribution in [0.1, 0.15) is 48.3 Å². The van der Waals surface area contributed by atoms with E-state index < -0.39 is 5.82 Å². The summed E-state index contributed by atoms with van der Waals surface area (Å²) in [4.78, 5) is 17.6. The van der Waals surface area contributed by atoms with Crippen LogP contribution in [0.5, 0.6) is 11.5 Å². The number of nitrogens with one attached hydrogen (secondary N) is 2. The fourth-order valence-corrected chi connectivity index (χ4v) is 4.23. The summed E-state index contributed by atoms with van der Waals surface area (Å²) in [5, 5.41) is 6.44. The van der Waals surface area contributed by atoms with Crippen molar-refractivity contribution < 1.29 is 18.7 Å². The summed E-state index contributed by atoms with van der Waals surface area (Å²) >= 11 is 6.04. The van der Waals surface area contributed by atoms with Crippen LogP contribution in [0.15, 0.2) is 48.5 Å². The van der Waals surface area contributed by atoms with E-state index in [1.165, 1.54) is 6.07 Å². The minimum Gasteiger partial charge on any atom is -0.493 e. The quantitative estimate of drug-likeness (QED) is 0.304. The van der Waals surface area contributed by atoms with Gasteiger partial charge < -0.3 is 25.8 Å². The fraction of sp³-hybridized carbons (Fsp3) is 0.379. The van der Waals surface area contributed by atoms with E-state index in [-0.39, 0.29) is 22.6 Å². The molecule has 3 aromatic rings. The molecule has 0 spiro atoms. The lowest BCUT2D eigenvalue weighted by atomic mass is 9.92. The van der Waals surface area contributed by atoms with Gasteiger partial charge in [0.25, 0.3) is 5.91 Å². The van der Waals surface area contributed by atoms with Crippen molar-refractivity contribution in [2.75, 3.05) is 26.7 Å². The SMILES string of the molecule is COc1cc(C(=O)NCCc2cc(C(C)(C)NCCN)cc(-c3ccc(F)c(Cl)c3)n2)ccc1OC1CC1. The summed E-state index contributed by atoms with van der Waals surface area (Å²) in [6.07, 6.45) is 2.81. The molecule has 0 saturated heterocycles. The number of benzene rings is 2. The molecule has 0 unspecified atom stereocenters. The lowest BCUT2D eigenvalue weighted by Crippen LogP contribution is -2.39. The highest BCUT2D eigenvalue weighted by molar-refractivity contribution is 6.31. The van der Waals surface area contributed by atoms with Gasteiger partial charge in [0.15, 0.2) is 11.5 Å². The van der Waals surface area contributed by atoms with E-state index in [2.05, 4.69) is 24.5 Å². The molecular formula is C29H34ClFN4O3. The number of amides is 1. The van der Waals surface area contributed by atoms with Gasteiger partial charge in [-0.2, -0.15) is 0 Å². The van der Waals surface area contributed by atoms with Gasteiger partial charge in [-0.25, -0.2) is 4.39 Å². The van der Waals surface area contributed by atoms with Crippen LogP contribution >= 0.6 is 11.6 Å². The molecule has 9 heteroatoms. The first-order valence-corrected chi connectivity index (χ1v) is 13.1. The molecule has 38 heavy (non-hydrogen) atoms. The molecule has 0 atom stereocenters. The molecule has 0 radical (unpaired) electrons. The van der Waals surface area contributed by atoms with Crippen molar-refractivity contribution >= 4 is 17.5 Å². The minimum absolute atomic E-state index is 0.0352. The number of nitrogens with zero attached hydrogens (tertiary/aromatic N) is 1. The van der Waals surface area contributed by atoms with Crippen LogP contribution in [0.25, 0.3) is 11.3 Å². The number of methoxy groups -OCH3 is 1. The smallest absolute Gasteiger partial charge is 0.251 e. The third-order valence-electron chi connectivity index (χ3n) is 6.44. The van der Waals surface area contributed by atoms with Gasteiger partial charge in [-0.3, -0.25) is 9.78 Å². The molecule has 4 rings (SSSR count). The maximum Gasteiger partial charge on any atom is 0.251 e. The maximum absolute atomic E-state index is 13.8. The summed E-state index contributed by atoms with van der Waals surface area (Å²) in [6, 6.07) is 13.7. The monoisotopic (exact) mass is 540 g/mol. The molecular weight excluding hydrogens is 507 g/mol. The number of nitrogens with two attached hydrogens (primary N) is 1. The van der Waals surface area contributed by atoms with E-state index >= 15 is 0 Å². The maximum atomic E-state index is 13.8. The summed E-state index contributed by atoms with van der Waals surface area (Å²) in [5.74, 6) is 0.483. The van der Waals surface area contributed by atoms with Gasteiger partial charge in [-0.1, -0.05) is 11.6 Å². The normalized spacial score (nSPS) is 13.3. The standard InChI is InChI=1S/C29H34ClFN4O3/c1-29(2,34-13-11-32)20-16-21(35-25(17-20)18-4-8-24(31)23(30)14-18)10-12-33-28(36)19-5-9-26(27(15-19)37-3)38-22-6-7-22/h4-5,8-9,14-17,22,34H,6-7,10-13,32H2,1-3H3,(H,33,36). The Hall–Kier alpha value is -3.20. The Balaban J connectivity index is 1.51. The number of carbonyl (C=O) groups is 1. The zero-order valence-corrected chi connectivity index (χ0v) is 22.7. The average Bonchev–Trinajstić information content (AvgIpc) is 3.73. The van der Waals surface area contributed by atoms with Crippen LogP contribution in [-0.4, -0.2) is 43.7 Å². The molecule has 1 amide bonds. The lowest BCUT2D eigenvalue weighted by Gasteiger charge is -2.28. The Morgan fingerprint density at radius 3 is 2.61 bits per heavy atom. The third-order valence-corrected chi connectivity index (χ3v) is 6.73. The number of carbonyl (C=O) groups excluding carboxylic acids is 1. The second-order valence-electron chi connectivity index (χ2n) is 9.89. The second kappa shape index (κ2) is 12.1. The van der Waals surface area contributed by atoms with Crippen LogP contribution in [0.3, 0.4) is 0 Å². The van der Waals surface area contributed by atoms with Crippen LogP contribution in [0.2, 0.25) is 5.02 Å². The molecule has 1 aliphatic rings. The second-order valence-corrected chi connectivity index (χ2v) is 10.3. The van der Waals surface area contributed by atoms with Crippen molar-refractivity contribution in [2.24, 2.45) is 5.73 Å². The molecule has 202 valence electrons. The van der Waals surface area contributed by atoms with Crippen LogP contribution in [0, 0.1) is 5.82 Å². The predicted molar refractivity (Wildman–Crippen MR) is 147 cm³/mol. The van der Waals surface area contributed by atoms with Crippen molar-refractivity contribution in [2.45, 2.75) is 44.8 Å². The highest BCUT2D eigenvalue weighted by Crippen LogP contribution is 2.34. The third kappa shape index (κ3) is 7.01. The number of rotatable bonds is 12. The molecule has 1 saturated carbocycles. The van der Waals surface area contributed by atoms with E-state index in [1.54, 1.807) is 37.4 Å². The van der Waals surface area contributed by atoms with E-state index in [0.717, 1.165) is 24.1 Å². The van der Waals surface area contributed by atoms with E-state index in [4.69, 9.17) is 31.8 Å². The molecule has 7 nitrogen and oxygen atoms in total. The summed E-state index contributed by atoms with van der Waals surface area (Å²) in [5.41, 5.74) is 8.96. The van der Waals surface area contributed by atoms with Gasteiger partial charge in [-0.05, 0) is 80.8 Å². The molecule has 0 aliphatic heterocycles. The number of hydrogen-bond donors (Lipinski definition) is 3. The van der Waals surface area contributed by atoms with Gasteiger partial charge in [0.1, 0.15) is 5.82 Å². The highest BCUT2D eigenvalue weighted by atomic mass is 35.5. The van der Waals surface area contributed by atoms with E-state index in [0.29, 0.717) is 54.4 Å². The Morgan fingerprint density at radius 1 is 1.13 bits per heavy atom. The molecule has 1 heterocycles. The van der Waals surface area contributed by atoms with Gasteiger partial charge >= 0.3 is 0 Å². The fourth-order valence-electron chi connectivity index (χ4n) is 4.04. The molecule has 1 aromatic heterocycles. The van der Waals surface area contributed by atoms with E-state index in [9.17, 15) is 9.18 Å². The van der Waals surface area contributed by atoms with Crippen molar-refractivity contribution in [3.05, 3.63) is 76.2 Å². The summed E-state index contributed by atoms with van der Waals surface area (Å²) < 4.78 is 25.0. The predicted octanol–water partition coefficient (Wildman–Crippen LogP) is 4.85. The topological polar surface area (TPSA) is 98.5 Å². The number of hydrogen-bond acceptors (Lipinski definition) is 6. The molecule has 1 fully saturated rings. The van der Waals surface area contributed by atoms with Crippen molar-refractivity contribution in [1.82, 2.24) is 15.6 Å². The van der Waals surface area contributed by atoms with Gasteiger partial charge in [0.2, 0.25) is 0 Å². The van der Waals surface area contributed by atoms with Crippen LogP contribution in [0.4, 0.5) is 4.39 Å². The molecule has 4 N–H and O–H groups in total. The van der Waals surface area contributed by atoms with Crippen LogP contribution in [-0.2, 0) is 12.0 Å². The lowest BCUT2D eigenvalue weighted by molar-refractivity contribution is 0.0953. The number of aromatic nitrogens is 1. The number of halogens is 2. The number of ether oxygens (including phenoxy) is 2. The minimum atomic E-state index is -0.483. The Labute approximate surface area is 227 Å². The van der Waals surface area contributed by atoms with Crippen molar-refractivity contribution in [1.29, 1.82) is 0 Å². The summed E-state index contributed by atoms with van der Waals surface area (Å²) in [7, 11) is 1.56. The first-order valence-electron chi connectivity index (χ1n) is 12.7. The Morgan fingerprint density at radius 2 is 1.92 bits per heavy atom. The van der Waals surface area contributed by atoms with Gasteiger partial charge in [0, 0.05) is 48.4 Å². The molecule has 2 aromatic carbocycles. The first kappa shape index (κ1) is 27.8. The van der Waals surface area contributed by atoms with Crippen molar-refractivity contribution in [3.63, 3.8) is 0 Å². The van der Waals surface area contributed by atoms with Crippen molar-refractivity contribution in [3.8, 4) is 22.8 Å².